The van der Waals surface area contributed by atoms with Crippen molar-refractivity contribution in [3.05, 3.63) is 44.1 Å². The zero-order valence-corrected chi connectivity index (χ0v) is 20.0. The van der Waals surface area contributed by atoms with Gasteiger partial charge in [-0.25, -0.2) is 9.80 Å². The molecule has 188 valence electrons. The minimum atomic E-state index is -0.760. The highest BCUT2D eigenvalue weighted by Crippen LogP contribution is 2.43. The Labute approximate surface area is 201 Å². The quantitative estimate of drug-likeness (QED) is 0.569. The molecule has 0 unspecified atom stereocenters. The SMILES string of the molecule is CCC(=O)N1N=C(c2c(O)n(C3CCCCC3)c(=O)[nH]c2=O)C[C@@H]1c1cc(OC)c(O)c(OC)c1. The number of amides is 1. The van der Waals surface area contributed by atoms with E-state index in [-0.39, 0.29) is 53.3 Å². The number of carbonyl (C=O) groups is 1. The third kappa shape index (κ3) is 4.38. The molecule has 1 aromatic carbocycles. The number of phenolic OH excluding ortho intramolecular Hbond substituents is 1. The van der Waals surface area contributed by atoms with E-state index >= 15 is 0 Å². The average molecular weight is 487 g/mol. The van der Waals surface area contributed by atoms with Gasteiger partial charge in [0, 0.05) is 18.9 Å². The van der Waals surface area contributed by atoms with Crippen molar-refractivity contribution in [2.24, 2.45) is 5.10 Å². The van der Waals surface area contributed by atoms with Crippen LogP contribution in [0.4, 0.5) is 0 Å². The summed E-state index contributed by atoms with van der Waals surface area (Å²) in [5, 5.41) is 27.1. The van der Waals surface area contributed by atoms with Crippen molar-refractivity contribution in [1.29, 1.82) is 0 Å². The van der Waals surface area contributed by atoms with Gasteiger partial charge in [0.2, 0.25) is 17.5 Å². The smallest absolute Gasteiger partial charge is 0.331 e. The molecular formula is C24H30N4O7. The summed E-state index contributed by atoms with van der Waals surface area (Å²) in [5.74, 6) is -0.603. The number of benzene rings is 1. The number of phenols is 1. The van der Waals surface area contributed by atoms with Gasteiger partial charge in [0.15, 0.2) is 11.5 Å². The highest BCUT2D eigenvalue weighted by Gasteiger charge is 2.36. The standard InChI is InChI=1S/C24H30N4O7/c1-4-19(29)28-16(13-10-17(34-2)21(30)18(11-13)35-3)12-15(26-28)20-22(31)25-24(33)27(23(20)32)14-8-6-5-7-9-14/h10-11,14,16,30,32H,4-9,12H2,1-3H3,(H,25,31,33)/t16-/m1/s1. The Bertz CT molecular complexity index is 1250. The molecule has 1 aromatic heterocycles. The largest absolute Gasteiger partial charge is 0.502 e. The molecule has 0 bridgehead atoms. The van der Waals surface area contributed by atoms with Crippen LogP contribution in [0.15, 0.2) is 26.8 Å². The first-order chi connectivity index (χ1) is 16.8. The number of nitrogens with zero attached hydrogens (tertiary/aromatic N) is 3. The zero-order valence-electron chi connectivity index (χ0n) is 20.0. The van der Waals surface area contributed by atoms with Crippen LogP contribution in [0.25, 0.3) is 0 Å². The Kier molecular flexibility index (Phi) is 6.86. The Morgan fingerprint density at radius 3 is 2.31 bits per heavy atom. The van der Waals surface area contributed by atoms with Gasteiger partial charge in [-0.15, -0.1) is 0 Å². The lowest BCUT2D eigenvalue weighted by Gasteiger charge is -2.25. The zero-order chi connectivity index (χ0) is 25.3. The van der Waals surface area contributed by atoms with Gasteiger partial charge in [-0.3, -0.25) is 19.1 Å². The lowest BCUT2D eigenvalue weighted by atomic mass is 9.94. The number of hydrogen-bond donors (Lipinski definition) is 3. The first kappa shape index (κ1) is 24.4. The normalized spacial score (nSPS) is 18.4. The Morgan fingerprint density at radius 1 is 1.11 bits per heavy atom. The number of H-pyrrole nitrogens is 1. The molecule has 1 amide bonds. The minimum absolute atomic E-state index is 0.0995. The summed E-state index contributed by atoms with van der Waals surface area (Å²) in [6, 6.07) is 2.28. The number of aromatic amines is 1. The van der Waals surface area contributed by atoms with Crippen LogP contribution in [0.3, 0.4) is 0 Å². The highest BCUT2D eigenvalue weighted by atomic mass is 16.5. The van der Waals surface area contributed by atoms with Crippen LogP contribution in [-0.4, -0.2) is 50.6 Å². The third-order valence-electron chi connectivity index (χ3n) is 6.70. The van der Waals surface area contributed by atoms with Gasteiger partial charge < -0.3 is 19.7 Å². The van der Waals surface area contributed by atoms with Crippen LogP contribution in [0, 0.1) is 0 Å². The molecule has 1 aliphatic heterocycles. The monoisotopic (exact) mass is 486 g/mol. The molecule has 2 heterocycles. The molecule has 0 saturated heterocycles. The van der Waals surface area contributed by atoms with E-state index in [4.69, 9.17) is 9.47 Å². The molecule has 35 heavy (non-hydrogen) atoms. The van der Waals surface area contributed by atoms with Gasteiger partial charge in [0.05, 0.1) is 26.0 Å². The van der Waals surface area contributed by atoms with Crippen LogP contribution >= 0.6 is 0 Å². The van der Waals surface area contributed by atoms with Gasteiger partial charge in [-0.2, -0.15) is 5.10 Å². The second-order valence-corrected chi connectivity index (χ2v) is 8.75. The van der Waals surface area contributed by atoms with E-state index in [2.05, 4.69) is 10.1 Å². The van der Waals surface area contributed by atoms with Crippen molar-refractivity contribution in [3.63, 3.8) is 0 Å². The summed E-state index contributed by atoms with van der Waals surface area (Å²) in [6.45, 7) is 1.69. The molecule has 0 spiro atoms. The third-order valence-corrected chi connectivity index (χ3v) is 6.70. The molecule has 11 heteroatoms. The predicted octanol–water partition coefficient (Wildman–Crippen LogP) is 2.56. The van der Waals surface area contributed by atoms with Crippen LogP contribution in [-0.2, 0) is 4.79 Å². The maximum Gasteiger partial charge on any atom is 0.331 e. The molecule has 11 nitrogen and oxygen atoms in total. The molecule has 1 atom stereocenters. The van der Waals surface area contributed by atoms with Crippen LogP contribution in [0.2, 0.25) is 0 Å². The summed E-state index contributed by atoms with van der Waals surface area (Å²) >= 11 is 0. The summed E-state index contributed by atoms with van der Waals surface area (Å²) in [4.78, 5) is 40.5. The number of ether oxygens (including phenoxy) is 2. The molecular weight excluding hydrogens is 456 g/mol. The Balaban J connectivity index is 1.81. The van der Waals surface area contributed by atoms with Gasteiger partial charge in [0.25, 0.3) is 5.56 Å². The minimum Gasteiger partial charge on any atom is -0.502 e. The fraction of sp³-hybridized carbons (Fsp3) is 0.500. The molecule has 1 saturated carbocycles. The highest BCUT2D eigenvalue weighted by molar-refractivity contribution is 6.04. The topological polar surface area (TPSA) is 146 Å². The van der Waals surface area contributed by atoms with Crippen LogP contribution in [0.5, 0.6) is 23.1 Å². The molecule has 1 aliphatic carbocycles. The van der Waals surface area contributed by atoms with Crippen LogP contribution in [0.1, 0.15) is 75.1 Å². The number of rotatable bonds is 6. The van der Waals surface area contributed by atoms with Crippen molar-refractivity contribution in [1.82, 2.24) is 14.6 Å². The lowest BCUT2D eigenvalue weighted by molar-refractivity contribution is -0.132. The molecule has 0 radical (unpaired) electrons. The maximum absolute atomic E-state index is 12.8. The summed E-state index contributed by atoms with van der Waals surface area (Å²) in [6.07, 6.45) is 4.62. The second-order valence-electron chi connectivity index (χ2n) is 8.75. The number of hydrazone groups is 1. The number of methoxy groups -OCH3 is 2. The van der Waals surface area contributed by atoms with Gasteiger partial charge >= 0.3 is 5.69 Å². The van der Waals surface area contributed by atoms with Crippen molar-refractivity contribution in [2.45, 2.75) is 64.0 Å². The molecule has 1 fully saturated rings. The summed E-state index contributed by atoms with van der Waals surface area (Å²) in [7, 11) is 2.80. The number of aromatic hydroxyl groups is 2. The second kappa shape index (κ2) is 9.85. The van der Waals surface area contributed by atoms with E-state index in [0.717, 1.165) is 32.1 Å². The van der Waals surface area contributed by atoms with E-state index in [1.165, 1.54) is 23.8 Å². The van der Waals surface area contributed by atoms with E-state index in [0.29, 0.717) is 5.56 Å². The molecule has 4 rings (SSSR count). The number of carbonyl (C=O) groups excluding carboxylic acids is 1. The van der Waals surface area contributed by atoms with Gasteiger partial charge in [0.1, 0.15) is 5.56 Å². The summed E-state index contributed by atoms with van der Waals surface area (Å²) < 4.78 is 11.7. The molecule has 2 aromatic rings. The van der Waals surface area contributed by atoms with E-state index < -0.39 is 23.2 Å². The van der Waals surface area contributed by atoms with E-state index in [9.17, 15) is 24.6 Å². The number of hydrogen-bond acceptors (Lipinski definition) is 8. The van der Waals surface area contributed by atoms with E-state index in [1.807, 2.05) is 0 Å². The fourth-order valence-electron chi connectivity index (χ4n) is 4.90. The van der Waals surface area contributed by atoms with Crippen molar-refractivity contribution in [2.75, 3.05) is 14.2 Å². The van der Waals surface area contributed by atoms with E-state index in [1.54, 1.807) is 19.1 Å². The van der Waals surface area contributed by atoms with Crippen molar-refractivity contribution >= 4 is 11.6 Å². The Hall–Kier alpha value is -3.76. The predicted molar refractivity (Wildman–Crippen MR) is 127 cm³/mol. The fourth-order valence-corrected chi connectivity index (χ4v) is 4.90. The number of nitrogens with one attached hydrogen (secondary N) is 1. The Morgan fingerprint density at radius 2 is 1.74 bits per heavy atom. The lowest BCUT2D eigenvalue weighted by Crippen LogP contribution is -2.36. The van der Waals surface area contributed by atoms with Crippen LogP contribution < -0.4 is 20.7 Å². The van der Waals surface area contributed by atoms with Crippen molar-refractivity contribution in [3.8, 4) is 23.1 Å². The first-order valence-corrected chi connectivity index (χ1v) is 11.7. The van der Waals surface area contributed by atoms with Gasteiger partial charge in [-0.1, -0.05) is 26.2 Å². The summed E-state index contributed by atoms with van der Waals surface area (Å²) in [5.41, 5.74) is -0.791. The maximum atomic E-state index is 12.8. The van der Waals surface area contributed by atoms with Crippen molar-refractivity contribution < 1.29 is 24.5 Å². The first-order valence-electron chi connectivity index (χ1n) is 11.7. The molecule has 3 N–H and O–H groups in total. The average Bonchev–Trinajstić information content (AvgIpc) is 3.29. The molecule has 2 aliphatic rings. The number of aromatic nitrogens is 2. The van der Waals surface area contributed by atoms with Gasteiger partial charge in [-0.05, 0) is 30.5 Å².